The fourth-order valence-electron chi connectivity index (χ4n) is 2.88. The average molecular weight is 448 g/mol. The third kappa shape index (κ3) is 4.29. The van der Waals surface area contributed by atoms with E-state index >= 15 is 0 Å². The Kier molecular flexibility index (Phi) is 6.59. The molecule has 0 bridgehead atoms. The van der Waals surface area contributed by atoms with E-state index in [4.69, 9.17) is 0 Å². The van der Waals surface area contributed by atoms with Gasteiger partial charge in [0.25, 0.3) is 5.82 Å². The van der Waals surface area contributed by atoms with E-state index in [2.05, 4.69) is 4.74 Å². The Morgan fingerprint density at radius 1 is 1.07 bits per heavy atom. The second-order valence-electron chi connectivity index (χ2n) is 5.60. The molecular weight excluding hydrogens is 432 g/mol. The van der Waals surface area contributed by atoms with Crippen LogP contribution in [0.4, 0.5) is 17.6 Å². The van der Waals surface area contributed by atoms with Gasteiger partial charge in [0.1, 0.15) is 5.75 Å². The highest BCUT2D eigenvalue weighted by atomic mass is 79.9. The van der Waals surface area contributed by atoms with Crippen LogP contribution in [0.3, 0.4) is 0 Å². The van der Waals surface area contributed by atoms with Gasteiger partial charge in [0.05, 0.1) is 0 Å². The molecule has 0 atom stereocenters. The number of hydrogen-bond acceptors (Lipinski definition) is 2. The zero-order valence-corrected chi connectivity index (χ0v) is 15.8. The fraction of sp³-hybridized carbons (Fsp3) is 0.222. The van der Waals surface area contributed by atoms with Gasteiger partial charge in [0, 0.05) is 12.5 Å². The maximum Gasteiger partial charge on any atom is 0.387 e. The van der Waals surface area contributed by atoms with Crippen LogP contribution in [-0.4, -0.2) is 17.0 Å². The van der Waals surface area contributed by atoms with Crippen molar-refractivity contribution < 1.29 is 31.7 Å². The number of fused-ring (bicyclic) bond motifs is 1. The second-order valence-corrected chi connectivity index (χ2v) is 5.60. The van der Waals surface area contributed by atoms with E-state index in [1.807, 2.05) is 0 Å². The summed E-state index contributed by atoms with van der Waals surface area (Å²) in [6.45, 7) is -4.32. The molecule has 1 aromatic heterocycles. The molecule has 3 rings (SSSR count). The molecule has 0 saturated heterocycles. The molecule has 0 fully saturated rings. The Morgan fingerprint density at radius 2 is 1.70 bits per heavy atom. The molecule has 0 aliphatic carbocycles. The number of alkyl halides is 4. The number of rotatable bonds is 6. The Balaban J connectivity index is 0.00000261. The van der Waals surface area contributed by atoms with Crippen LogP contribution in [0.25, 0.3) is 11.0 Å². The van der Waals surface area contributed by atoms with Crippen LogP contribution in [0.5, 0.6) is 5.75 Å². The number of ether oxygens (including phenoxy) is 1. The summed E-state index contributed by atoms with van der Waals surface area (Å²) < 4.78 is 57.7. The monoisotopic (exact) mass is 447 g/mol. The summed E-state index contributed by atoms with van der Waals surface area (Å²) in [5.41, 5.74) is 1.11. The lowest BCUT2D eigenvalue weighted by Crippen LogP contribution is -2.40. The second kappa shape index (κ2) is 8.51. The Morgan fingerprint density at radius 3 is 2.30 bits per heavy atom. The maximum absolute atomic E-state index is 13.4. The van der Waals surface area contributed by atoms with Gasteiger partial charge >= 0.3 is 13.2 Å². The van der Waals surface area contributed by atoms with E-state index in [9.17, 15) is 22.4 Å². The number of Topliss-reactive ketones (excluding diaryl/α,β-unsaturated/α-hetero) is 1. The van der Waals surface area contributed by atoms with Crippen LogP contribution in [0.2, 0.25) is 0 Å². The molecule has 4 nitrogen and oxygen atoms in total. The average Bonchev–Trinajstić information content (AvgIpc) is 2.87. The lowest BCUT2D eigenvalue weighted by atomic mass is 10.1. The zero-order valence-electron chi connectivity index (χ0n) is 14.1. The summed E-state index contributed by atoms with van der Waals surface area (Å²) in [6.07, 6.45) is 0. The predicted octanol–water partition coefficient (Wildman–Crippen LogP) is 4.69. The molecule has 0 radical (unpaired) electrons. The highest BCUT2D eigenvalue weighted by molar-refractivity contribution is 8.93. The van der Waals surface area contributed by atoms with Crippen molar-refractivity contribution in [2.24, 2.45) is 0 Å². The minimum absolute atomic E-state index is 0. The molecule has 0 aliphatic heterocycles. The molecule has 0 saturated carbocycles. The third-order valence-corrected chi connectivity index (χ3v) is 4.07. The standard InChI is InChI=1S/C18H15F4N2O2.BrH/c1-11-23(14-4-2-3-5-15(14)24(11)17(19)20)10-16(25)12-6-8-13(9-7-12)26-18(21)22;/h2-9,17-18H,10H2,1H3;1H/q+1;. The minimum atomic E-state index is -2.95. The number of benzene rings is 2. The molecule has 0 spiro atoms. The topological polar surface area (TPSA) is 35.1 Å². The Bertz CT molecular complexity index is 942. The normalized spacial score (nSPS) is 11.1. The van der Waals surface area contributed by atoms with E-state index < -0.39 is 13.2 Å². The number of halogens is 5. The first-order valence-corrected chi connectivity index (χ1v) is 7.74. The van der Waals surface area contributed by atoms with Crippen molar-refractivity contribution in [3.63, 3.8) is 0 Å². The predicted molar refractivity (Wildman–Crippen MR) is 95.8 cm³/mol. The van der Waals surface area contributed by atoms with Crippen LogP contribution in [0.15, 0.2) is 48.5 Å². The van der Waals surface area contributed by atoms with Crippen LogP contribution in [0.1, 0.15) is 22.7 Å². The van der Waals surface area contributed by atoms with E-state index in [1.165, 1.54) is 35.8 Å². The van der Waals surface area contributed by atoms with Gasteiger partial charge in [-0.2, -0.15) is 22.1 Å². The first kappa shape index (κ1) is 20.9. The molecular formula is C18H16BrF4N2O2+. The number of para-hydroxylation sites is 2. The van der Waals surface area contributed by atoms with Gasteiger partial charge in [-0.3, -0.25) is 4.79 Å². The first-order valence-electron chi connectivity index (χ1n) is 7.74. The van der Waals surface area contributed by atoms with Crippen molar-refractivity contribution in [3.05, 3.63) is 59.9 Å². The van der Waals surface area contributed by atoms with Crippen molar-refractivity contribution in [2.75, 3.05) is 0 Å². The number of carbonyl (C=O) groups excluding carboxylic acids is 1. The molecule has 27 heavy (non-hydrogen) atoms. The van der Waals surface area contributed by atoms with Gasteiger partial charge in [-0.05, 0) is 36.4 Å². The van der Waals surface area contributed by atoms with Crippen LogP contribution in [-0.2, 0) is 6.54 Å². The Labute approximate surface area is 162 Å². The van der Waals surface area contributed by atoms with Crippen molar-refractivity contribution in [2.45, 2.75) is 26.6 Å². The van der Waals surface area contributed by atoms with Gasteiger partial charge in [-0.15, -0.1) is 17.0 Å². The molecule has 0 N–H and O–H groups in total. The van der Waals surface area contributed by atoms with Gasteiger partial charge < -0.3 is 4.74 Å². The number of carbonyl (C=O) groups is 1. The molecule has 1 heterocycles. The number of nitrogens with zero attached hydrogens (tertiary/aromatic N) is 2. The van der Waals surface area contributed by atoms with E-state index in [-0.39, 0.29) is 46.4 Å². The van der Waals surface area contributed by atoms with Crippen molar-refractivity contribution >= 4 is 33.8 Å². The van der Waals surface area contributed by atoms with Crippen molar-refractivity contribution in [3.8, 4) is 5.75 Å². The minimum Gasteiger partial charge on any atom is -0.435 e. The lowest BCUT2D eigenvalue weighted by Gasteiger charge is -2.05. The summed E-state index contributed by atoms with van der Waals surface area (Å²) in [5.74, 6) is -0.152. The van der Waals surface area contributed by atoms with Crippen molar-refractivity contribution in [1.29, 1.82) is 0 Å². The smallest absolute Gasteiger partial charge is 0.387 e. The lowest BCUT2D eigenvalue weighted by molar-refractivity contribution is -0.664. The summed E-state index contributed by atoms with van der Waals surface area (Å²) >= 11 is 0. The SMILES string of the molecule is Br.Cc1n(C(F)F)c2ccccc2[n+]1CC(=O)c1ccc(OC(F)F)cc1. The van der Waals surface area contributed by atoms with Crippen LogP contribution < -0.4 is 9.30 Å². The summed E-state index contributed by atoms with van der Waals surface area (Å²) in [4.78, 5) is 12.5. The molecule has 144 valence electrons. The van der Waals surface area contributed by atoms with Crippen LogP contribution >= 0.6 is 17.0 Å². The first-order chi connectivity index (χ1) is 12.4. The van der Waals surface area contributed by atoms with Gasteiger partial charge in [-0.1, -0.05) is 12.1 Å². The molecule has 0 amide bonds. The quantitative estimate of drug-likeness (QED) is 0.312. The molecule has 9 heteroatoms. The number of ketones is 1. The fourth-order valence-corrected chi connectivity index (χ4v) is 2.88. The number of hydrogen-bond donors (Lipinski definition) is 0. The van der Waals surface area contributed by atoms with Gasteiger partial charge in [-0.25, -0.2) is 4.57 Å². The highest BCUT2D eigenvalue weighted by Gasteiger charge is 2.28. The summed E-state index contributed by atoms with van der Waals surface area (Å²) in [6, 6.07) is 11.8. The highest BCUT2D eigenvalue weighted by Crippen LogP contribution is 2.22. The third-order valence-electron chi connectivity index (χ3n) is 4.07. The van der Waals surface area contributed by atoms with Gasteiger partial charge in [0.2, 0.25) is 5.78 Å². The summed E-state index contributed by atoms with van der Waals surface area (Å²) in [5, 5.41) is 0. The van der Waals surface area contributed by atoms with Crippen molar-refractivity contribution in [1.82, 2.24) is 4.57 Å². The molecule has 3 aromatic rings. The maximum atomic E-state index is 13.4. The van der Waals surface area contributed by atoms with Crippen LogP contribution in [0, 0.1) is 6.92 Å². The Hall–Kier alpha value is -2.42. The largest absolute Gasteiger partial charge is 0.435 e. The molecule has 0 aliphatic rings. The van der Waals surface area contributed by atoms with E-state index in [1.54, 1.807) is 24.3 Å². The molecule has 0 unspecified atom stereocenters. The summed E-state index contributed by atoms with van der Waals surface area (Å²) in [7, 11) is 0. The molecule has 2 aromatic carbocycles. The van der Waals surface area contributed by atoms with E-state index in [0.29, 0.717) is 11.0 Å². The number of aromatic nitrogens is 2. The van der Waals surface area contributed by atoms with Gasteiger partial charge in [0.15, 0.2) is 17.6 Å². The van der Waals surface area contributed by atoms with E-state index in [0.717, 1.165) is 4.57 Å². The zero-order chi connectivity index (χ0) is 18.8. The number of imidazole rings is 1.